The minimum absolute atomic E-state index is 0.0289. The van der Waals surface area contributed by atoms with E-state index >= 15 is 0 Å². The molecule has 0 aliphatic carbocycles. The highest BCUT2D eigenvalue weighted by molar-refractivity contribution is 5.77. The van der Waals surface area contributed by atoms with Crippen LogP contribution in [0.5, 0.6) is 0 Å². The van der Waals surface area contributed by atoms with Crippen LogP contribution in [0, 0.1) is 0 Å². The van der Waals surface area contributed by atoms with Gasteiger partial charge in [0.05, 0.1) is 6.54 Å². The van der Waals surface area contributed by atoms with Gasteiger partial charge in [-0.2, -0.15) is 23.4 Å². The number of hydrogen-bond acceptors (Lipinski definition) is 4. The van der Waals surface area contributed by atoms with Gasteiger partial charge < -0.3 is 9.80 Å². The third-order valence-electron chi connectivity index (χ3n) is 6.00. The molecule has 0 bridgehead atoms. The third kappa shape index (κ3) is 3.26. The van der Waals surface area contributed by atoms with Crippen LogP contribution >= 0.6 is 0 Å². The van der Waals surface area contributed by atoms with Crippen LogP contribution in [-0.2, 0) is 37.4 Å². The Hall–Kier alpha value is -3.30. The second-order valence-corrected chi connectivity index (χ2v) is 8.00. The largest absolute Gasteiger partial charge is 0.435 e. The highest BCUT2D eigenvalue weighted by Crippen LogP contribution is 2.41. The van der Waals surface area contributed by atoms with Crippen molar-refractivity contribution in [2.75, 3.05) is 18.0 Å². The van der Waals surface area contributed by atoms with Crippen molar-refractivity contribution >= 4 is 17.4 Å². The van der Waals surface area contributed by atoms with E-state index in [1.54, 1.807) is 17.9 Å². The van der Waals surface area contributed by atoms with Crippen molar-refractivity contribution in [1.82, 2.24) is 24.9 Å². The molecule has 5 rings (SSSR count). The van der Waals surface area contributed by atoms with Gasteiger partial charge >= 0.3 is 6.18 Å². The van der Waals surface area contributed by atoms with E-state index in [9.17, 15) is 18.0 Å². The third-order valence-corrected chi connectivity index (χ3v) is 6.00. The molecule has 2 aliphatic heterocycles. The molecule has 1 N–H and O–H groups in total. The van der Waals surface area contributed by atoms with Crippen molar-refractivity contribution in [3.63, 3.8) is 0 Å². The van der Waals surface area contributed by atoms with E-state index in [1.165, 1.54) is 17.9 Å². The maximum Gasteiger partial charge on any atom is 0.435 e. The molecule has 2 aromatic heterocycles. The van der Waals surface area contributed by atoms with Crippen molar-refractivity contribution in [3.05, 3.63) is 46.9 Å². The Morgan fingerprint density at radius 1 is 1.19 bits per heavy atom. The van der Waals surface area contributed by atoms with Crippen LogP contribution in [0.15, 0.2) is 24.4 Å². The Kier molecular flexibility index (Phi) is 4.35. The molecule has 0 spiro atoms. The number of aryl methyl sites for hydroxylation is 1. The van der Waals surface area contributed by atoms with Crippen LogP contribution in [0.2, 0.25) is 0 Å². The molecule has 162 valence electrons. The fourth-order valence-electron chi connectivity index (χ4n) is 4.47. The molecule has 4 heterocycles. The van der Waals surface area contributed by atoms with Gasteiger partial charge in [0.1, 0.15) is 0 Å². The van der Waals surface area contributed by atoms with Gasteiger partial charge in [-0.15, -0.1) is 0 Å². The van der Waals surface area contributed by atoms with Gasteiger partial charge in [0.15, 0.2) is 11.5 Å². The lowest BCUT2D eigenvalue weighted by Crippen LogP contribution is -2.34. The first kappa shape index (κ1) is 19.7. The number of alkyl halides is 3. The van der Waals surface area contributed by atoms with Gasteiger partial charge in [-0.25, -0.2) is 0 Å². The number of aromatic amines is 1. The number of rotatable bonds is 2. The number of hydrogen-bond donors (Lipinski definition) is 1. The fraction of sp³-hybridized carbons (Fsp3) is 0.381. The van der Waals surface area contributed by atoms with Crippen molar-refractivity contribution in [2.45, 2.75) is 32.5 Å². The van der Waals surface area contributed by atoms with Gasteiger partial charge in [-0.1, -0.05) is 6.07 Å². The summed E-state index contributed by atoms with van der Waals surface area (Å²) in [6.07, 6.45) is -1.69. The molecule has 0 fully saturated rings. The number of carbonyl (C=O) groups is 1. The molecular weight excluding hydrogens is 409 g/mol. The number of nitrogens with one attached hydrogen (secondary N) is 1. The summed E-state index contributed by atoms with van der Waals surface area (Å²) in [6.45, 7) is 3.40. The van der Waals surface area contributed by atoms with E-state index < -0.39 is 11.9 Å². The lowest BCUT2D eigenvalue weighted by atomic mass is 10.0. The Bertz CT molecular complexity index is 1180. The molecule has 3 aromatic rings. The number of fused-ring (bicyclic) bond motifs is 2. The second-order valence-electron chi connectivity index (χ2n) is 8.00. The number of halogens is 3. The first-order valence-corrected chi connectivity index (χ1v) is 10.1. The predicted octanol–water partition coefficient (Wildman–Crippen LogP) is 3.43. The van der Waals surface area contributed by atoms with E-state index in [1.807, 2.05) is 12.1 Å². The van der Waals surface area contributed by atoms with E-state index in [2.05, 4.69) is 20.2 Å². The van der Waals surface area contributed by atoms with Crippen LogP contribution in [0.3, 0.4) is 0 Å². The minimum atomic E-state index is -4.52. The number of benzene rings is 1. The summed E-state index contributed by atoms with van der Waals surface area (Å²) >= 11 is 0. The van der Waals surface area contributed by atoms with Gasteiger partial charge in [0.2, 0.25) is 5.91 Å². The standard InChI is InChI=1S/C21H21F3N6O/c1-12(31)29-7-6-17-16(11-29)20(26-25-17)30-8-5-14-9-13(3-4-18(14)30)15-10-28(2)27-19(15)21(22,23)24/h3-4,9-10H,5-8,11H2,1-2H3,(H,25,26). The molecule has 7 nitrogen and oxygen atoms in total. The number of nitrogens with zero attached hydrogens (tertiary/aromatic N) is 5. The normalized spacial score (nSPS) is 15.9. The van der Waals surface area contributed by atoms with Gasteiger partial charge in [0, 0.05) is 62.2 Å². The van der Waals surface area contributed by atoms with Crippen molar-refractivity contribution < 1.29 is 18.0 Å². The molecule has 0 saturated heterocycles. The molecule has 0 atom stereocenters. The monoisotopic (exact) mass is 430 g/mol. The zero-order chi connectivity index (χ0) is 21.9. The number of amides is 1. The first-order valence-electron chi connectivity index (χ1n) is 10.1. The van der Waals surface area contributed by atoms with Crippen LogP contribution < -0.4 is 4.90 Å². The number of anilines is 2. The first-order chi connectivity index (χ1) is 14.7. The summed E-state index contributed by atoms with van der Waals surface area (Å²) in [5.74, 6) is 0.811. The fourth-order valence-corrected chi connectivity index (χ4v) is 4.47. The highest BCUT2D eigenvalue weighted by atomic mass is 19.4. The van der Waals surface area contributed by atoms with Crippen LogP contribution in [0.4, 0.5) is 24.7 Å². The number of aromatic nitrogens is 4. The molecule has 31 heavy (non-hydrogen) atoms. The number of carbonyl (C=O) groups excluding carboxylic acids is 1. The van der Waals surface area contributed by atoms with Crippen LogP contribution in [0.1, 0.15) is 29.4 Å². The molecule has 1 amide bonds. The van der Waals surface area contributed by atoms with Gasteiger partial charge in [0.25, 0.3) is 0 Å². The Labute approximate surface area is 176 Å². The van der Waals surface area contributed by atoms with Crippen LogP contribution in [0.25, 0.3) is 11.1 Å². The molecule has 10 heteroatoms. The molecule has 0 saturated carbocycles. The Morgan fingerprint density at radius 3 is 2.74 bits per heavy atom. The topological polar surface area (TPSA) is 70.1 Å². The lowest BCUT2D eigenvalue weighted by Gasteiger charge is -2.27. The zero-order valence-electron chi connectivity index (χ0n) is 17.1. The average molecular weight is 430 g/mol. The molecule has 2 aliphatic rings. The van der Waals surface area contributed by atoms with E-state index in [0.29, 0.717) is 31.6 Å². The summed E-state index contributed by atoms with van der Waals surface area (Å²) in [6, 6.07) is 5.35. The maximum atomic E-state index is 13.4. The van der Waals surface area contributed by atoms with Gasteiger partial charge in [-0.3, -0.25) is 14.6 Å². The maximum absolute atomic E-state index is 13.4. The van der Waals surface area contributed by atoms with Crippen LogP contribution in [-0.4, -0.2) is 43.9 Å². The smallest absolute Gasteiger partial charge is 0.338 e. The Balaban J connectivity index is 1.50. The molecule has 0 radical (unpaired) electrons. The van der Waals surface area contributed by atoms with E-state index in [-0.39, 0.29) is 11.5 Å². The van der Waals surface area contributed by atoms with Crippen molar-refractivity contribution in [1.29, 1.82) is 0 Å². The van der Waals surface area contributed by atoms with Crippen molar-refractivity contribution in [2.24, 2.45) is 7.05 Å². The summed E-state index contributed by atoms with van der Waals surface area (Å²) in [5, 5.41) is 11.2. The molecule has 0 unspecified atom stereocenters. The molecule has 1 aromatic carbocycles. The Morgan fingerprint density at radius 2 is 2.00 bits per heavy atom. The SMILES string of the molecule is CC(=O)N1CCc2[nH]nc(N3CCc4cc(-c5cn(C)nc5C(F)(F)F)ccc43)c2C1. The minimum Gasteiger partial charge on any atom is -0.338 e. The quantitative estimate of drug-likeness (QED) is 0.676. The highest BCUT2D eigenvalue weighted by Gasteiger charge is 2.38. The second kappa shape index (κ2) is 6.86. The summed E-state index contributed by atoms with van der Waals surface area (Å²) < 4.78 is 41.4. The van der Waals surface area contributed by atoms with E-state index in [0.717, 1.165) is 34.7 Å². The zero-order valence-corrected chi connectivity index (χ0v) is 17.1. The average Bonchev–Trinajstić information content (AvgIpc) is 3.42. The summed E-state index contributed by atoms with van der Waals surface area (Å²) in [4.78, 5) is 15.7. The summed E-state index contributed by atoms with van der Waals surface area (Å²) in [5.41, 5.74) is 3.61. The van der Waals surface area contributed by atoms with Crippen molar-refractivity contribution in [3.8, 4) is 11.1 Å². The number of H-pyrrole nitrogens is 1. The summed E-state index contributed by atoms with van der Waals surface area (Å²) in [7, 11) is 1.49. The van der Waals surface area contributed by atoms with Gasteiger partial charge in [-0.05, 0) is 29.7 Å². The van der Waals surface area contributed by atoms with E-state index in [4.69, 9.17) is 0 Å². The molecular formula is C21H21F3N6O. The lowest BCUT2D eigenvalue weighted by molar-refractivity contribution is -0.141. The predicted molar refractivity (Wildman–Crippen MR) is 108 cm³/mol.